The van der Waals surface area contributed by atoms with Crippen LogP contribution in [0.15, 0.2) is 24.3 Å². The number of nitrogens with one attached hydrogen (secondary N) is 1. The average Bonchev–Trinajstić information content (AvgIpc) is 3.18. The van der Waals surface area contributed by atoms with Crippen LogP contribution in [0.2, 0.25) is 0 Å². The van der Waals surface area contributed by atoms with Gasteiger partial charge in [0, 0.05) is 13.6 Å². The summed E-state index contributed by atoms with van der Waals surface area (Å²) < 4.78 is 2.10. The summed E-state index contributed by atoms with van der Waals surface area (Å²) in [4.78, 5) is 4.65. The van der Waals surface area contributed by atoms with Crippen molar-refractivity contribution in [2.45, 2.75) is 25.3 Å². The van der Waals surface area contributed by atoms with Crippen molar-refractivity contribution in [3.63, 3.8) is 0 Å². The van der Waals surface area contributed by atoms with Crippen LogP contribution in [0, 0.1) is 5.92 Å². The highest BCUT2D eigenvalue weighted by molar-refractivity contribution is 5.78. The van der Waals surface area contributed by atoms with E-state index in [9.17, 15) is 0 Å². The molecule has 0 aliphatic heterocycles. The molecule has 18 heavy (non-hydrogen) atoms. The largest absolute Gasteiger partial charge is 0.349 e. The first-order valence-corrected chi connectivity index (χ1v) is 6.54. The molecule has 1 heterocycles. The van der Waals surface area contributed by atoms with Crippen molar-refractivity contribution in [1.29, 1.82) is 0 Å². The summed E-state index contributed by atoms with van der Waals surface area (Å²) >= 11 is 0. The molecule has 0 radical (unpaired) electrons. The molecular formula is C14H20N4. The number of para-hydroxylation sites is 2. The Balaban J connectivity index is 1.97. The van der Waals surface area contributed by atoms with Crippen LogP contribution in [0.4, 0.5) is 5.95 Å². The summed E-state index contributed by atoms with van der Waals surface area (Å²) in [6.45, 7) is 2.84. The fraction of sp³-hybridized carbons (Fsp3) is 0.500. The summed E-state index contributed by atoms with van der Waals surface area (Å²) in [5.74, 6) is 1.60. The minimum Gasteiger partial charge on any atom is -0.349 e. The lowest BCUT2D eigenvalue weighted by atomic mass is 9.96. The van der Waals surface area contributed by atoms with E-state index in [4.69, 9.17) is 5.73 Å². The summed E-state index contributed by atoms with van der Waals surface area (Å²) in [5.41, 5.74) is 8.08. The highest BCUT2D eigenvalue weighted by Crippen LogP contribution is 2.40. The van der Waals surface area contributed by atoms with Crippen LogP contribution in [-0.4, -0.2) is 21.6 Å². The highest BCUT2D eigenvalue weighted by atomic mass is 15.2. The SMILES string of the molecule is Cn1c(NC(C)(CN)C2CC2)nc2ccccc21. The molecule has 3 rings (SSSR count). The van der Waals surface area contributed by atoms with Gasteiger partial charge < -0.3 is 15.6 Å². The summed E-state index contributed by atoms with van der Waals surface area (Å²) in [5, 5.41) is 3.55. The zero-order valence-electron chi connectivity index (χ0n) is 11.0. The smallest absolute Gasteiger partial charge is 0.204 e. The van der Waals surface area contributed by atoms with Gasteiger partial charge in [0.25, 0.3) is 0 Å². The second-order valence-corrected chi connectivity index (χ2v) is 5.50. The Morgan fingerprint density at radius 2 is 2.17 bits per heavy atom. The number of rotatable bonds is 4. The van der Waals surface area contributed by atoms with Gasteiger partial charge in [0.1, 0.15) is 0 Å². The summed E-state index contributed by atoms with van der Waals surface area (Å²) in [6, 6.07) is 8.18. The lowest BCUT2D eigenvalue weighted by Gasteiger charge is -2.30. The maximum atomic E-state index is 5.94. The number of fused-ring (bicyclic) bond motifs is 1. The number of aromatic nitrogens is 2. The van der Waals surface area contributed by atoms with Crippen molar-refractivity contribution in [3.05, 3.63) is 24.3 Å². The Bertz CT molecular complexity index is 570. The third-order valence-electron chi connectivity index (χ3n) is 4.09. The van der Waals surface area contributed by atoms with E-state index in [1.54, 1.807) is 0 Å². The molecule has 0 saturated heterocycles. The molecule has 1 unspecified atom stereocenters. The van der Waals surface area contributed by atoms with E-state index in [-0.39, 0.29) is 5.54 Å². The van der Waals surface area contributed by atoms with E-state index in [0.29, 0.717) is 12.5 Å². The molecule has 0 amide bonds. The summed E-state index contributed by atoms with van der Waals surface area (Å²) in [6.07, 6.45) is 2.54. The van der Waals surface area contributed by atoms with E-state index in [1.165, 1.54) is 12.8 Å². The second kappa shape index (κ2) is 3.99. The normalized spacial score (nSPS) is 18.8. The quantitative estimate of drug-likeness (QED) is 0.866. The van der Waals surface area contributed by atoms with E-state index >= 15 is 0 Å². The molecule has 4 nitrogen and oxygen atoms in total. The van der Waals surface area contributed by atoms with Gasteiger partial charge in [-0.3, -0.25) is 0 Å². The molecule has 3 N–H and O–H groups in total. The zero-order valence-corrected chi connectivity index (χ0v) is 11.0. The Morgan fingerprint density at radius 1 is 1.44 bits per heavy atom. The molecule has 0 bridgehead atoms. The van der Waals surface area contributed by atoms with Crippen LogP contribution in [0.25, 0.3) is 11.0 Å². The van der Waals surface area contributed by atoms with Crippen LogP contribution in [0.3, 0.4) is 0 Å². The van der Waals surface area contributed by atoms with Gasteiger partial charge in [0.15, 0.2) is 0 Å². The van der Waals surface area contributed by atoms with Crippen molar-refractivity contribution >= 4 is 17.0 Å². The topological polar surface area (TPSA) is 55.9 Å². The molecular weight excluding hydrogens is 224 g/mol. The Hall–Kier alpha value is -1.55. The number of anilines is 1. The molecule has 1 aromatic heterocycles. The molecule has 1 aliphatic rings. The molecule has 96 valence electrons. The van der Waals surface area contributed by atoms with Gasteiger partial charge >= 0.3 is 0 Å². The van der Waals surface area contributed by atoms with Crippen LogP contribution in [0.5, 0.6) is 0 Å². The highest BCUT2D eigenvalue weighted by Gasteiger charge is 2.41. The standard InChI is InChI=1S/C14H20N4/c1-14(9-15,10-7-8-10)17-13-16-11-5-3-4-6-12(11)18(13)2/h3-6,10H,7-9,15H2,1-2H3,(H,16,17). The second-order valence-electron chi connectivity index (χ2n) is 5.50. The van der Waals surface area contributed by atoms with E-state index in [0.717, 1.165) is 17.0 Å². The molecule has 1 saturated carbocycles. The summed E-state index contributed by atoms with van der Waals surface area (Å²) in [7, 11) is 2.04. The van der Waals surface area contributed by atoms with Gasteiger partial charge in [0.05, 0.1) is 16.6 Å². The lowest BCUT2D eigenvalue weighted by Crippen LogP contribution is -2.45. The number of benzene rings is 1. The Labute approximate surface area is 107 Å². The number of nitrogens with two attached hydrogens (primary N) is 1. The van der Waals surface area contributed by atoms with Gasteiger partial charge in [0.2, 0.25) is 5.95 Å². The lowest BCUT2D eigenvalue weighted by molar-refractivity contribution is 0.454. The fourth-order valence-electron chi connectivity index (χ4n) is 2.55. The number of aryl methyl sites for hydroxylation is 1. The van der Waals surface area contributed by atoms with Gasteiger partial charge in [-0.15, -0.1) is 0 Å². The number of hydrogen-bond donors (Lipinski definition) is 2. The van der Waals surface area contributed by atoms with E-state index in [1.807, 2.05) is 25.2 Å². The van der Waals surface area contributed by atoms with Crippen LogP contribution in [-0.2, 0) is 7.05 Å². The Morgan fingerprint density at radius 3 is 2.78 bits per heavy atom. The number of hydrogen-bond acceptors (Lipinski definition) is 3. The first-order chi connectivity index (χ1) is 8.64. The maximum absolute atomic E-state index is 5.94. The Kier molecular flexibility index (Phi) is 2.55. The molecule has 1 aliphatic carbocycles. The van der Waals surface area contributed by atoms with Crippen LogP contribution in [0.1, 0.15) is 19.8 Å². The molecule has 0 spiro atoms. The molecule has 1 fully saturated rings. The average molecular weight is 244 g/mol. The van der Waals surface area contributed by atoms with Crippen molar-refractivity contribution in [1.82, 2.24) is 9.55 Å². The van der Waals surface area contributed by atoms with E-state index < -0.39 is 0 Å². The van der Waals surface area contributed by atoms with Gasteiger partial charge in [-0.25, -0.2) is 4.98 Å². The minimum absolute atomic E-state index is 0.0326. The molecule has 2 aromatic rings. The van der Waals surface area contributed by atoms with Gasteiger partial charge in [-0.2, -0.15) is 0 Å². The zero-order chi connectivity index (χ0) is 12.8. The van der Waals surface area contributed by atoms with Crippen molar-refractivity contribution in [3.8, 4) is 0 Å². The van der Waals surface area contributed by atoms with Crippen molar-refractivity contribution < 1.29 is 0 Å². The predicted molar refractivity (Wildman–Crippen MR) is 74.5 cm³/mol. The number of nitrogens with zero attached hydrogens (tertiary/aromatic N) is 2. The maximum Gasteiger partial charge on any atom is 0.204 e. The first kappa shape index (κ1) is 11.5. The number of imidazole rings is 1. The van der Waals surface area contributed by atoms with Crippen LogP contribution >= 0.6 is 0 Å². The first-order valence-electron chi connectivity index (χ1n) is 6.54. The third kappa shape index (κ3) is 1.77. The van der Waals surface area contributed by atoms with Crippen molar-refractivity contribution in [2.75, 3.05) is 11.9 Å². The monoisotopic (exact) mass is 244 g/mol. The fourth-order valence-corrected chi connectivity index (χ4v) is 2.55. The van der Waals surface area contributed by atoms with Gasteiger partial charge in [-0.1, -0.05) is 12.1 Å². The third-order valence-corrected chi connectivity index (χ3v) is 4.09. The minimum atomic E-state index is -0.0326. The predicted octanol–water partition coefficient (Wildman–Crippen LogP) is 2.11. The van der Waals surface area contributed by atoms with Crippen LogP contribution < -0.4 is 11.1 Å². The molecule has 1 aromatic carbocycles. The van der Waals surface area contributed by atoms with E-state index in [2.05, 4.69) is 27.9 Å². The van der Waals surface area contributed by atoms with Gasteiger partial charge in [-0.05, 0) is 37.8 Å². The van der Waals surface area contributed by atoms with Crippen molar-refractivity contribution in [2.24, 2.45) is 18.7 Å². The molecule has 4 heteroatoms. The molecule has 1 atom stereocenters.